The fourth-order valence-corrected chi connectivity index (χ4v) is 1.82. The van der Waals surface area contributed by atoms with Gasteiger partial charge in [0.25, 0.3) is 5.91 Å². The van der Waals surface area contributed by atoms with Gasteiger partial charge >= 0.3 is 5.97 Å². The summed E-state index contributed by atoms with van der Waals surface area (Å²) < 4.78 is 9.67. The zero-order valence-corrected chi connectivity index (χ0v) is 10.2. The molecule has 0 unspecified atom stereocenters. The molecule has 0 N–H and O–H groups in total. The van der Waals surface area contributed by atoms with Gasteiger partial charge in [-0.15, -0.1) is 0 Å². The molecule has 0 aliphatic carbocycles. The van der Waals surface area contributed by atoms with E-state index in [1.165, 1.54) is 7.11 Å². The molecule has 18 heavy (non-hydrogen) atoms. The largest absolute Gasteiger partial charge is 0.469 e. The van der Waals surface area contributed by atoms with Gasteiger partial charge in [-0.05, 0) is 17.7 Å². The quantitative estimate of drug-likeness (QED) is 0.742. The monoisotopic (exact) mass is 249 g/mol. The van der Waals surface area contributed by atoms with E-state index >= 15 is 0 Å². The maximum absolute atomic E-state index is 11.6. The van der Waals surface area contributed by atoms with E-state index in [2.05, 4.69) is 4.74 Å². The van der Waals surface area contributed by atoms with Gasteiger partial charge in [-0.1, -0.05) is 12.1 Å². The molecule has 0 spiro atoms. The average Bonchev–Trinajstić information content (AvgIpc) is 2.40. The molecule has 0 atom stereocenters. The molecular formula is C13H15NO4. The maximum atomic E-state index is 11.6. The molecule has 0 radical (unpaired) electrons. The van der Waals surface area contributed by atoms with Gasteiger partial charge in [-0.25, -0.2) is 0 Å². The summed E-state index contributed by atoms with van der Waals surface area (Å²) in [5, 5.41) is 0. The molecule has 1 saturated heterocycles. The summed E-state index contributed by atoms with van der Waals surface area (Å²) >= 11 is 0. The second-order valence-corrected chi connectivity index (χ2v) is 4.02. The number of carbonyl (C=O) groups is 2. The molecule has 1 aromatic carbocycles. The maximum Gasteiger partial charge on any atom is 0.309 e. The number of ether oxygens (including phenoxy) is 2. The number of morpholine rings is 1. The van der Waals surface area contributed by atoms with Gasteiger partial charge in [0.15, 0.2) is 0 Å². The lowest BCUT2D eigenvalue weighted by Crippen LogP contribution is -2.41. The van der Waals surface area contributed by atoms with Gasteiger partial charge in [0, 0.05) is 12.2 Å². The Morgan fingerprint density at radius 3 is 2.72 bits per heavy atom. The van der Waals surface area contributed by atoms with Crippen molar-refractivity contribution in [2.75, 3.05) is 31.8 Å². The number of rotatable bonds is 3. The molecule has 5 heteroatoms. The van der Waals surface area contributed by atoms with Gasteiger partial charge in [0.1, 0.15) is 6.61 Å². The standard InChI is InChI=1S/C13H15NO4/c1-17-13(16)8-10-2-4-11(5-3-10)14-6-7-18-9-12(14)15/h2-5H,6-9H2,1H3. The summed E-state index contributed by atoms with van der Waals surface area (Å²) in [5.74, 6) is -0.313. The van der Waals surface area contributed by atoms with E-state index in [0.29, 0.717) is 13.2 Å². The molecule has 0 bridgehead atoms. The van der Waals surface area contributed by atoms with Crippen LogP contribution in [-0.4, -0.2) is 38.7 Å². The summed E-state index contributed by atoms with van der Waals surface area (Å²) in [5.41, 5.74) is 1.70. The van der Waals surface area contributed by atoms with Gasteiger partial charge in [-0.3, -0.25) is 9.59 Å². The van der Waals surface area contributed by atoms with Gasteiger partial charge in [-0.2, -0.15) is 0 Å². The molecule has 1 aromatic rings. The second kappa shape index (κ2) is 5.64. The van der Waals surface area contributed by atoms with E-state index in [-0.39, 0.29) is 24.9 Å². The molecule has 0 saturated carbocycles. The van der Waals surface area contributed by atoms with Crippen molar-refractivity contribution in [1.29, 1.82) is 0 Å². The van der Waals surface area contributed by atoms with Crippen LogP contribution in [0, 0.1) is 0 Å². The highest BCUT2D eigenvalue weighted by molar-refractivity contribution is 5.94. The van der Waals surface area contributed by atoms with Gasteiger partial charge in [0.05, 0.1) is 20.1 Å². The van der Waals surface area contributed by atoms with E-state index in [4.69, 9.17) is 4.74 Å². The van der Waals surface area contributed by atoms with Crippen molar-refractivity contribution in [2.45, 2.75) is 6.42 Å². The number of hydrogen-bond donors (Lipinski definition) is 0. The van der Waals surface area contributed by atoms with Crippen LogP contribution in [0.15, 0.2) is 24.3 Å². The third-order valence-corrected chi connectivity index (χ3v) is 2.81. The summed E-state index contributed by atoms with van der Waals surface area (Å²) in [6.45, 7) is 1.24. The fourth-order valence-electron chi connectivity index (χ4n) is 1.82. The zero-order valence-electron chi connectivity index (χ0n) is 10.2. The van der Waals surface area contributed by atoms with Gasteiger partial charge < -0.3 is 14.4 Å². The Balaban J connectivity index is 2.07. The van der Waals surface area contributed by atoms with Crippen molar-refractivity contribution in [3.63, 3.8) is 0 Å². The highest BCUT2D eigenvalue weighted by Gasteiger charge is 2.19. The highest BCUT2D eigenvalue weighted by Crippen LogP contribution is 2.17. The molecule has 96 valence electrons. The lowest BCUT2D eigenvalue weighted by molar-refractivity contribution is -0.139. The van der Waals surface area contributed by atoms with Crippen LogP contribution in [0.25, 0.3) is 0 Å². The lowest BCUT2D eigenvalue weighted by Gasteiger charge is -2.26. The minimum Gasteiger partial charge on any atom is -0.469 e. The molecule has 5 nitrogen and oxygen atoms in total. The smallest absolute Gasteiger partial charge is 0.309 e. The van der Waals surface area contributed by atoms with Gasteiger partial charge in [0.2, 0.25) is 0 Å². The number of hydrogen-bond acceptors (Lipinski definition) is 4. The Morgan fingerprint density at radius 2 is 2.11 bits per heavy atom. The van der Waals surface area contributed by atoms with Crippen LogP contribution < -0.4 is 4.90 Å². The van der Waals surface area contributed by atoms with Crippen LogP contribution in [0.2, 0.25) is 0 Å². The van der Waals surface area contributed by atoms with Crippen molar-refractivity contribution >= 4 is 17.6 Å². The number of nitrogens with zero attached hydrogens (tertiary/aromatic N) is 1. The first-order chi connectivity index (χ1) is 8.70. The van der Waals surface area contributed by atoms with E-state index in [0.717, 1.165) is 11.3 Å². The second-order valence-electron chi connectivity index (χ2n) is 4.02. The summed E-state index contributed by atoms with van der Waals surface area (Å²) in [4.78, 5) is 24.4. The Labute approximate surface area is 105 Å². The van der Waals surface area contributed by atoms with Crippen LogP contribution in [-0.2, 0) is 25.5 Å². The Bertz CT molecular complexity index is 441. The van der Waals surface area contributed by atoms with Crippen LogP contribution in [0.3, 0.4) is 0 Å². The third-order valence-electron chi connectivity index (χ3n) is 2.81. The molecule has 2 rings (SSSR count). The zero-order chi connectivity index (χ0) is 13.0. The fraction of sp³-hybridized carbons (Fsp3) is 0.385. The van der Waals surface area contributed by atoms with Crippen LogP contribution in [0.5, 0.6) is 0 Å². The van der Waals surface area contributed by atoms with Crippen molar-refractivity contribution in [3.8, 4) is 0 Å². The molecule has 1 aliphatic rings. The predicted molar refractivity (Wildman–Crippen MR) is 65.3 cm³/mol. The minimum atomic E-state index is -0.273. The molecule has 0 aromatic heterocycles. The third kappa shape index (κ3) is 2.87. The molecule has 1 aliphatic heterocycles. The Hall–Kier alpha value is -1.88. The Kier molecular flexibility index (Phi) is 3.94. The highest BCUT2D eigenvalue weighted by atomic mass is 16.5. The first kappa shape index (κ1) is 12.6. The van der Waals surface area contributed by atoms with Crippen LogP contribution in [0.4, 0.5) is 5.69 Å². The summed E-state index contributed by atoms with van der Waals surface area (Å²) in [6.07, 6.45) is 0.244. The normalized spacial score (nSPS) is 15.6. The van der Waals surface area contributed by atoms with Crippen molar-refractivity contribution < 1.29 is 19.1 Å². The van der Waals surface area contributed by atoms with Crippen molar-refractivity contribution in [3.05, 3.63) is 29.8 Å². The van der Waals surface area contributed by atoms with E-state index in [1.807, 2.05) is 24.3 Å². The SMILES string of the molecule is COC(=O)Cc1ccc(N2CCOCC2=O)cc1. The molecule has 1 amide bonds. The average molecular weight is 249 g/mol. The number of anilines is 1. The Morgan fingerprint density at radius 1 is 1.39 bits per heavy atom. The van der Waals surface area contributed by atoms with Crippen molar-refractivity contribution in [1.82, 2.24) is 0 Å². The number of carbonyl (C=O) groups excluding carboxylic acids is 2. The first-order valence-electron chi connectivity index (χ1n) is 5.74. The van der Waals surface area contributed by atoms with E-state index in [9.17, 15) is 9.59 Å². The molecular weight excluding hydrogens is 234 g/mol. The number of amides is 1. The number of methoxy groups -OCH3 is 1. The van der Waals surface area contributed by atoms with Crippen LogP contribution in [0.1, 0.15) is 5.56 Å². The summed E-state index contributed by atoms with van der Waals surface area (Å²) in [7, 11) is 1.36. The van der Waals surface area contributed by atoms with E-state index < -0.39 is 0 Å². The number of esters is 1. The molecule has 1 fully saturated rings. The molecule has 1 heterocycles. The topological polar surface area (TPSA) is 55.8 Å². The van der Waals surface area contributed by atoms with Crippen LogP contribution >= 0.6 is 0 Å². The number of benzene rings is 1. The predicted octanol–water partition coefficient (Wildman–Crippen LogP) is 0.765. The lowest BCUT2D eigenvalue weighted by atomic mass is 10.1. The first-order valence-corrected chi connectivity index (χ1v) is 5.74. The van der Waals surface area contributed by atoms with Crippen molar-refractivity contribution in [2.24, 2.45) is 0 Å². The summed E-state index contributed by atoms with van der Waals surface area (Å²) in [6, 6.07) is 7.33. The van der Waals surface area contributed by atoms with E-state index in [1.54, 1.807) is 4.90 Å². The minimum absolute atomic E-state index is 0.0398.